The van der Waals surface area contributed by atoms with Gasteiger partial charge in [0.15, 0.2) is 5.78 Å². The van der Waals surface area contributed by atoms with Gasteiger partial charge in [0.2, 0.25) is 0 Å². The predicted molar refractivity (Wildman–Crippen MR) is 133 cm³/mol. The van der Waals surface area contributed by atoms with Crippen LogP contribution in [0.15, 0.2) is 47.1 Å². The van der Waals surface area contributed by atoms with E-state index >= 15 is 0 Å². The minimum atomic E-state index is 0.0809. The second-order valence-electron chi connectivity index (χ2n) is 12.0. The highest BCUT2D eigenvalue weighted by atomic mass is 16.5. The Labute approximate surface area is 199 Å². The van der Waals surface area contributed by atoms with E-state index in [1.54, 1.807) is 11.1 Å². The van der Waals surface area contributed by atoms with Crippen LogP contribution in [0.25, 0.3) is 0 Å². The van der Waals surface area contributed by atoms with Gasteiger partial charge >= 0.3 is 0 Å². The highest BCUT2D eigenvalue weighted by Gasteiger charge is 2.64. The molecule has 2 saturated carbocycles. The number of hydrogen-bond acceptors (Lipinski definition) is 3. The van der Waals surface area contributed by atoms with Crippen LogP contribution in [0.1, 0.15) is 76.7 Å². The number of hydrogen-bond donors (Lipinski definition) is 0. The summed E-state index contributed by atoms with van der Waals surface area (Å²) in [4.78, 5) is 14.5. The number of allylic oxidation sites excluding steroid dienone is 4. The molecule has 1 aromatic rings. The lowest BCUT2D eigenvalue weighted by Gasteiger charge is -2.56. The summed E-state index contributed by atoms with van der Waals surface area (Å²) in [6.45, 7) is 5.89. The van der Waals surface area contributed by atoms with Crippen LogP contribution in [-0.2, 0) is 9.53 Å². The molecule has 0 radical (unpaired) electrons. The Balaban J connectivity index is 1.51. The fourth-order valence-electron chi connectivity index (χ4n) is 8.68. The number of fused-ring (bicyclic) bond motifs is 5. The maximum atomic E-state index is 12.4. The molecule has 5 aliphatic rings. The molecule has 6 atom stereocenters. The maximum Gasteiger partial charge on any atom is 0.156 e. The molecule has 0 amide bonds. The highest BCUT2D eigenvalue weighted by molar-refractivity contribution is 5.93. The maximum absolute atomic E-state index is 12.4. The Bertz CT molecular complexity index is 1030. The van der Waals surface area contributed by atoms with E-state index in [0.717, 1.165) is 13.0 Å². The molecule has 1 spiro atoms. The van der Waals surface area contributed by atoms with Crippen molar-refractivity contribution in [2.45, 2.75) is 76.7 Å². The van der Waals surface area contributed by atoms with Gasteiger partial charge in [0, 0.05) is 44.1 Å². The molecule has 3 heteroatoms. The zero-order chi connectivity index (χ0) is 23.0. The van der Waals surface area contributed by atoms with E-state index < -0.39 is 0 Å². The Morgan fingerprint density at radius 2 is 1.88 bits per heavy atom. The summed E-state index contributed by atoms with van der Waals surface area (Å²) in [5, 5.41) is 0. The van der Waals surface area contributed by atoms with Gasteiger partial charge in [-0.3, -0.25) is 4.79 Å². The lowest BCUT2D eigenvalue weighted by Crippen LogP contribution is -2.51. The van der Waals surface area contributed by atoms with E-state index in [-0.39, 0.29) is 11.0 Å². The summed E-state index contributed by atoms with van der Waals surface area (Å²) in [5.41, 5.74) is 7.63. The molecule has 3 nitrogen and oxygen atoms in total. The van der Waals surface area contributed by atoms with Crippen LogP contribution in [0.3, 0.4) is 0 Å². The molecule has 176 valence electrons. The Morgan fingerprint density at radius 1 is 1.09 bits per heavy atom. The topological polar surface area (TPSA) is 29.5 Å². The standard InChI is InChI=1S/C30H39NO2/c1-19-16-25-27-12-14-30(13-5-15-33-30)29(27,2)18-26(20-6-8-21(9-7-20)31(3)4)28(25)23-11-10-22(32)17-24(19)23/h6-9,17,19,25-27H,5,10-16,18H2,1-4H3/t19-,25+,26-,27+,29+,30+/m1/s1. The fraction of sp³-hybridized carbons (Fsp3) is 0.633. The Morgan fingerprint density at radius 3 is 2.58 bits per heavy atom. The van der Waals surface area contributed by atoms with Crippen molar-refractivity contribution in [3.63, 3.8) is 0 Å². The third-order valence-electron chi connectivity index (χ3n) is 10.3. The van der Waals surface area contributed by atoms with Gasteiger partial charge in [-0.1, -0.05) is 31.6 Å². The molecule has 0 N–H and O–H groups in total. The first-order chi connectivity index (χ1) is 15.8. The molecular formula is C30H39NO2. The first kappa shape index (κ1) is 21.6. The molecule has 1 aliphatic heterocycles. The van der Waals surface area contributed by atoms with Gasteiger partial charge < -0.3 is 9.64 Å². The zero-order valence-electron chi connectivity index (χ0n) is 20.8. The van der Waals surface area contributed by atoms with E-state index in [9.17, 15) is 4.79 Å². The van der Waals surface area contributed by atoms with Crippen molar-refractivity contribution in [1.82, 2.24) is 0 Å². The molecule has 0 unspecified atom stereocenters. The summed E-state index contributed by atoms with van der Waals surface area (Å²) < 4.78 is 6.66. The van der Waals surface area contributed by atoms with E-state index in [1.165, 1.54) is 55.3 Å². The quantitative estimate of drug-likeness (QED) is 0.524. The fourth-order valence-corrected chi connectivity index (χ4v) is 8.68. The molecule has 3 fully saturated rings. The number of carbonyl (C=O) groups excluding carboxylic acids is 1. The zero-order valence-corrected chi connectivity index (χ0v) is 20.8. The molecule has 1 saturated heterocycles. The average molecular weight is 446 g/mol. The van der Waals surface area contributed by atoms with Crippen molar-refractivity contribution in [3.05, 3.63) is 52.6 Å². The molecule has 0 bridgehead atoms. The summed E-state index contributed by atoms with van der Waals surface area (Å²) in [7, 11) is 4.22. The first-order valence-corrected chi connectivity index (χ1v) is 13.2. The second kappa shape index (κ2) is 7.57. The van der Waals surface area contributed by atoms with Crippen molar-refractivity contribution in [2.24, 2.45) is 23.2 Å². The number of rotatable bonds is 2. The number of benzene rings is 1. The summed E-state index contributed by atoms with van der Waals surface area (Å²) >= 11 is 0. The molecule has 0 aromatic heterocycles. The molecule has 6 rings (SSSR count). The summed E-state index contributed by atoms with van der Waals surface area (Å²) in [5.74, 6) is 2.58. The minimum Gasteiger partial charge on any atom is -0.378 e. The van der Waals surface area contributed by atoms with E-state index in [2.05, 4.69) is 57.1 Å². The lowest BCUT2D eigenvalue weighted by molar-refractivity contribution is -0.115. The van der Waals surface area contributed by atoms with Gasteiger partial charge in [0.05, 0.1) is 5.60 Å². The second-order valence-corrected chi connectivity index (χ2v) is 12.0. The third kappa shape index (κ3) is 3.07. The van der Waals surface area contributed by atoms with Crippen molar-refractivity contribution >= 4 is 11.5 Å². The van der Waals surface area contributed by atoms with Gasteiger partial charge in [0.1, 0.15) is 0 Å². The molecule has 1 aromatic carbocycles. The van der Waals surface area contributed by atoms with Gasteiger partial charge in [-0.25, -0.2) is 0 Å². The molecular weight excluding hydrogens is 406 g/mol. The van der Waals surface area contributed by atoms with Gasteiger partial charge in [-0.2, -0.15) is 0 Å². The van der Waals surface area contributed by atoms with Crippen molar-refractivity contribution in [2.75, 3.05) is 25.6 Å². The Hall–Kier alpha value is -1.87. The summed E-state index contributed by atoms with van der Waals surface area (Å²) in [6, 6.07) is 9.32. The Kier molecular flexibility index (Phi) is 4.96. The molecule has 4 aliphatic carbocycles. The van der Waals surface area contributed by atoms with Crippen LogP contribution < -0.4 is 4.90 Å². The van der Waals surface area contributed by atoms with Gasteiger partial charge in [0.25, 0.3) is 0 Å². The van der Waals surface area contributed by atoms with E-state index in [0.29, 0.717) is 35.9 Å². The monoisotopic (exact) mass is 445 g/mol. The third-order valence-corrected chi connectivity index (χ3v) is 10.3. The van der Waals surface area contributed by atoms with Crippen LogP contribution in [0, 0.1) is 23.2 Å². The van der Waals surface area contributed by atoms with Crippen LogP contribution in [0.4, 0.5) is 5.69 Å². The van der Waals surface area contributed by atoms with E-state index in [1.807, 2.05) is 6.08 Å². The van der Waals surface area contributed by atoms with Crippen molar-refractivity contribution in [3.8, 4) is 0 Å². The van der Waals surface area contributed by atoms with E-state index in [4.69, 9.17) is 4.74 Å². The van der Waals surface area contributed by atoms with Crippen LogP contribution in [0.5, 0.6) is 0 Å². The molecule has 1 heterocycles. The number of nitrogens with zero attached hydrogens (tertiary/aromatic N) is 1. The SMILES string of the molecule is C[C@@H]1C[C@@H]2C(=C3CCC(=O)C=C31)[C@@H](c1ccc(N(C)C)cc1)C[C@@]1(C)[C@H]2CC[C@@]12CCCO2. The highest BCUT2D eigenvalue weighted by Crippen LogP contribution is 2.69. The van der Waals surface area contributed by atoms with Gasteiger partial charge in [-0.05, 0) is 97.6 Å². The van der Waals surface area contributed by atoms with Crippen molar-refractivity contribution in [1.29, 1.82) is 0 Å². The van der Waals surface area contributed by atoms with Crippen molar-refractivity contribution < 1.29 is 9.53 Å². The minimum absolute atomic E-state index is 0.0809. The number of carbonyl (C=O) groups is 1. The van der Waals surface area contributed by atoms with Crippen LogP contribution in [-0.4, -0.2) is 32.1 Å². The summed E-state index contributed by atoms with van der Waals surface area (Å²) in [6.07, 6.45) is 11.0. The number of ether oxygens (including phenoxy) is 1. The number of anilines is 1. The number of ketones is 1. The average Bonchev–Trinajstić information content (AvgIpc) is 3.39. The largest absolute Gasteiger partial charge is 0.378 e. The van der Waals surface area contributed by atoms with Gasteiger partial charge in [-0.15, -0.1) is 0 Å². The van der Waals surface area contributed by atoms with Crippen LogP contribution in [0.2, 0.25) is 0 Å². The molecule has 33 heavy (non-hydrogen) atoms. The first-order valence-electron chi connectivity index (χ1n) is 13.2. The predicted octanol–water partition coefficient (Wildman–Crippen LogP) is 6.45. The lowest BCUT2D eigenvalue weighted by atomic mass is 9.50. The smallest absolute Gasteiger partial charge is 0.156 e. The van der Waals surface area contributed by atoms with Crippen LogP contribution >= 0.6 is 0 Å². The normalized spacial score (nSPS) is 39.9.